The number of rotatable bonds is 3. The van der Waals surface area contributed by atoms with Crippen LogP contribution in [0.3, 0.4) is 0 Å². The fraction of sp³-hybridized carbons (Fsp3) is 0.300. The maximum absolute atomic E-state index is 11.0. The number of ether oxygens (including phenoxy) is 1. The largest absolute Gasteiger partial charge is 0.496 e. The topological polar surface area (TPSA) is 46.5 Å². The van der Waals surface area contributed by atoms with E-state index in [0.717, 1.165) is 11.1 Å². The summed E-state index contributed by atoms with van der Waals surface area (Å²) in [6.45, 7) is 1.78. The molecule has 1 rings (SSSR count). The smallest absolute Gasteiger partial charge is 0.339 e. The van der Waals surface area contributed by atoms with Gasteiger partial charge in [-0.2, -0.15) is 0 Å². The van der Waals surface area contributed by atoms with Gasteiger partial charge in [-0.05, 0) is 24.1 Å². The van der Waals surface area contributed by atoms with E-state index in [1.165, 1.54) is 7.11 Å². The summed E-state index contributed by atoms with van der Waals surface area (Å²) in [5.74, 6) is -0.554. The highest BCUT2D eigenvalue weighted by Gasteiger charge is 2.16. The fourth-order valence-corrected chi connectivity index (χ4v) is 1.92. The van der Waals surface area contributed by atoms with E-state index in [9.17, 15) is 4.79 Å². The SMILES string of the molecule is COc1ccc(CBr)c(C)c1C(=O)O. The molecule has 14 heavy (non-hydrogen) atoms. The lowest BCUT2D eigenvalue weighted by Gasteiger charge is -2.10. The second-order valence-corrected chi connectivity index (χ2v) is 3.43. The van der Waals surface area contributed by atoms with Gasteiger partial charge < -0.3 is 9.84 Å². The van der Waals surface area contributed by atoms with Gasteiger partial charge in [0.25, 0.3) is 0 Å². The van der Waals surface area contributed by atoms with Crippen molar-refractivity contribution in [2.45, 2.75) is 12.3 Å². The molecule has 1 aromatic rings. The Balaban J connectivity index is 3.39. The van der Waals surface area contributed by atoms with E-state index in [1.54, 1.807) is 13.0 Å². The Kier molecular flexibility index (Phi) is 3.52. The Labute approximate surface area is 90.8 Å². The molecule has 1 N–H and O–H groups in total. The summed E-state index contributed by atoms with van der Waals surface area (Å²) in [4.78, 5) is 11.0. The molecule has 0 saturated carbocycles. The van der Waals surface area contributed by atoms with Crippen LogP contribution in [0.5, 0.6) is 5.75 Å². The zero-order chi connectivity index (χ0) is 10.7. The van der Waals surface area contributed by atoms with Crippen LogP contribution in [-0.4, -0.2) is 18.2 Å². The molecular weight excluding hydrogens is 248 g/mol. The van der Waals surface area contributed by atoms with E-state index in [0.29, 0.717) is 11.1 Å². The first kappa shape index (κ1) is 11.0. The van der Waals surface area contributed by atoms with Gasteiger partial charge >= 0.3 is 5.97 Å². The first-order chi connectivity index (χ1) is 6.61. The van der Waals surface area contributed by atoms with Gasteiger partial charge in [0.15, 0.2) is 0 Å². The van der Waals surface area contributed by atoms with Crippen molar-refractivity contribution in [2.75, 3.05) is 7.11 Å². The highest BCUT2D eigenvalue weighted by molar-refractivity contribution is 9.08. The van der Waals surface area contributed by atoms with Crippen LogP contribution in [0.1, 0.15) is 21.5 Å². The lowest BCUT2D eigenvalue weighted by atomic mass is 10.0. The number of methoxy groups -OCH3 is 1. The van der Waals surface area contributed by atoms with E-state index >= 15 is 0 Å². The minimum Gasteiger partial charge on any atom is -0.496 e. The molecule has 0 bridgehead atoms. The normalized spacial score (nSPS) is 9.93. The van der Waals surface area contributed by atoms with Crippen LogP contribution in [0.15, 0.2) is 12.1 Å². The summed E-state index contributed by atoms with van der Waals surface area (Å²) in [5, 5.41) is 9.64. The molecule has 0 aromatic heterocycles. The summed E-state index contributed by atoms with van der Waals surface area (Å²) >= 11 is 3.30. The van der Waals surface area contributed by atoms with Crippen LogP contribution in [0.25, 0.3) is 0 Å². The minimum atomic E-state index is -0.956. The number of hydrogen-bond donors (Lipinski definition) is 1. The lowest BCUT2D eigenvalue weighted by molar-refractivity contribution is 0.0692. The maximum atomic E-state index is 11.0. The van der Waals surface area contributed by atoms with E-state index in [-0.39, 0.29) is 5.56 Å². The third kappa shape index (κ3) is 1.90. The standard InChI is InChI=1S/C10H11BrO3/c1-6-7(5-11)3-4-8(14-2)9(6)10(12)13/h3-4H,5H2,1-2H3,(H,12,13). The highest BCUT2D eigenvalue weighted by atomic mass is 79.9. The van der Waals surface area contributed by atoms with Gasteiger partial charge in [0, 0.05) is 5.33 Å². The summed E-state index contributed by atoms with van der Waals surface area (Å²) in [5.41, 5.74) is 1.95. The van der Waals surface area contributed by atoms with E-state index in [4.69, 9.17) is 9.84 Å². The van der Waals surface area contributed by atoms with Gasteiger partial charge in [0.05, 0.1) is 7.11 Å². The predicted molar refractivity (Wildman–Crippen MR) is 57.3 cm³/mol. The first-order valence-electron chi connectivity index (χ1n) is 4.07. The van der Waals surface area contributed by atoms with Gasteiger partial charge in [0.1, 0.15) is 11.3 Å². The molecule has 0 aliphatic heterocycles. The zero-order valence-corrected chi connectivity index (χ0v) is 9.59. The molecule has 0 radical (unpaired) electrons. The van der Waals surface area contributed by atoms with Gasteiger partial charge in [-0.1, -0.05) is 22.0 Å². The van der Waals surface area contributed by atoms with Crippen molar-refractivity contribution < 1.29 is 14.6 Å². The Morgan fingerprint density at radius 1 is 1.57 bits per heavy atom. The number of carboxylic acid groups (broad SMARTS) is 1. The van der Waals surface area contributed by atoms with Crippen LogP contribution in [0.2, 0.25) is 0 Å². The second-order valence-electron chi connectivity index (χ2n) is 2.87. The highest BCUT2D eigenvalue weighted by Crippen LogP contribution is 2.26. The Hall–Kier alpha value is -1.03. The molecule has 4 heteroatoms. The molecule has 0 aliphatic rings. The molecule has 0 aliphatic carbocycles. The Bertz CT molecular complexity index is 361. The van der Waals surface area contributed by atoms with Gasteiger partial charge in [-0.25, -0.2) is 4.79 Å². The van der Waals surface area contributed by atoms with Gasteiger partial charge in [0.2, 0.25) is 0 Å². The summed E-state index contributed by atoms with van der Waals surface area (Å²) in [6, 6.07) is 3.53. The molecule has 0 atom stereocenters. The summed E-state index contributed by atoms with van der Waals surface area (Å²) in [6.07, 6.45) is 0. The number of alkyl halides is 1. The van der Waals surface area contributed by atoms with Crippen molar-refractivity contribution in [3.05, 3.63) is 28.8 Å². The Morgan fingerprint density at radius 3 is 2.64 bits per heavy atom. The summed E-state index contributed by atoms with van der Waals surface area (Å²) < 4.78 is 4.99. The average molecular weight is 259 g/mol. The van der Waals surface area contributed by atoms with Crippen molar-refractivity contribution >= 4 is 21.9 Å². The molecule has 0 spiro atoms. The van der Waals surface area contributed by atoms with E-state index in [2.05, 4.69) is 15.9 Å². The average Bonchev–Trinajstić information content (AvgIpc) is 2.16. The quantitative estimate of drug-likeness (QED) is 0.848. The van der Waals surface area contributed by atoms with Crippen LogP contribution in [-0.2, 0) is 5.33 Å². The van der Waals surface area contributed by atoms with E-state index in [1.807, 2.05) is 6.07 Å². The van der Waals surface area contributed by atoms with Crippen molar-refractivity contribution in [2.24, 2.45) is 0 Å². The van der Waals surface area contributed by atoms with Crippen molar-refractivity contribution in [1.82, 2.24) is 0 Å². The molecule has 3 nitrogen and oxygen atoms in total. The number of aromatic carboxylic acids is 1. The van der Waals surface area contributed by atoms with Crippen LogP contribution >= 0.6 is 15.9 Å². The number of carbonyl (C=O) groups is 1. The monoisotopic (exact) mass is 258 g/mol. The van der Waals surface area contributed by atoms with Crippen molar-refractivity contribution in [3.8, 4) is 5.75 Å². The third-order valence-electron chi connectivity index (χ3n) is 2.12. The maximum Gasteiger partial charge on any atom is 0.339 e. The molecule has 0 saturated heterocycles. The number of benzene rings is 1. The molecule has 76 valence electrons. The lowest BCUT2D eigenvalue weighted by Crippen LogP contribution is -2.05. The van der Waals surface area contributed by atoms with E-state index < -0.39 is 5.97 Å². The van der Waals surface area contributed by atoms with Gasteiger partial charge in [-0.15, -0.1) is 0 Å². The molecule has 1 aromatic carbocycles. The molecule has 0 amide bonds. The Morgan fingerprint density at radius 2 is 2.21 bits per heavy atom. The van der Waals surface area contributed by atoms with Crippen LogP contribution in [0.4, 0.5) is 0 Å². The third-order valence-corrected chi connectivity index (χ3v) is 2.72. The number of hydrogen-bond acceptors (Lipinski definition) is 2. The second kappa shape index (κ2) is 4.46. The first-order valence-corrected chi connectivity index (χ1v) is 5.19. The predicted octanol–water partition coefficient (Wildman–Crippen LogP) is 2.60. The zero-order valence-electron chi connectivity index (χ0n) is 8.00. The fourth-order valence-electron chi connectivity index (χ4n) is 1.31. The van der Waals surface area contributed by atoms with Crippen molar-refractivity contribution in [3.63, 3.8) is 0 Å². The molecule has 0 heterocycles. The summed E-state index contributed by atoms with van der Waals surface area (Å²) in [7, 11) is 1.47. The molecular formula is C10H11BrO3. The number of carboxylic acids is 1. The minimum absolute atomic E-state index is 0.240. The number of halogens is 1. The van der Waals surface area contributed by atoms with Crippen molar-refractivity contribution in [1.29, 1.82) is 0 Å². The van der Waals surface area contributed by atoms with Gasteiger partial charge in [-0.3, -0.25) is 0 Å². The molecule has 0 fully saturated rings. The van der Waals surface area contributed by atoms with Crippen LogP contribution in [0, 0.1) is 6.92 Å². The molecule has 0 unspecified atom stereocenters. The van der Waals surface area contributed by atoms with Crippen LogP contribution < -0.4 is 4.74 Å².